The van der Waals surface area contributed by atoms with Gasteiger partial charge in [0.25, 0.3) is 0 Å². The third kappa shape index (κ3) is 4.64. The van der Waals surface area contributed by atoms with Crippen molar-refractivity contribution in [2.24, 2.45) is 0 Å². The van der Waals surface area contributed by atoms with Crippen LogP contribution in [-0.4, -0.2) is 42.3 Å². The van der Waals surface area contributed by atoms with Crippen LogP contribution in [0.3, 0.4) is 0 Å². The van der Waals surface area contributed by atoms with Crippen LogP contribution in [0.4, 0.5) is 5.69 Å². The summed E-state index contributed by atoms with van der Waals surface area (Å²) in [6.07, 6.45) is -0.319. The standard InChI is InChI=1S/C13H22N2O/c1-3-15(4-2)11-13(16)10-14-12-8-6-5-7-9-12/h5-9,13-14,16H,3-4,10-11H2,1-2H3. The van der Waals surface area contributed by atoms with Gasteiger partial charge in [-0.3, -0.25) is 0 Å². The van der Waals surface area contributed by atoms with E-state index < -0.39 is 0 Å². The lowest BCUT2D eigenvalue weighted by Crippen LogP contribution is -2.35. The number of benzene rings is 1. The van der Waals surface area contributed by atoms with Gasteiger partial charge in [0.05, 0.1) is 6.10 Å². The van der Waals surface area contributed by atoms with Gasteiger partial charge in [0, 0.05) is 18.8 Å². The van der Waals surface area contributed by atoms with Crippen LogP contribution in [0.2, 0.25) is 0 Å². The molecule has 0 spiro atoms. The van der Waals surface area contributed by atoms with E-state index in [2.05, 4.69) is 24.1 Å². The molecule has 0 saturated carbocycles. The van der Waals surface area contributed by atoms with E-state index in [1.54, 1.807) is 0 Å². The number of hydrogen-bond acceptors (Lipinski definition) is 3. The molecule has 0 bridgehead atoms. The lowest BCUT2D eigenvalue weighted by Gasteiger charge is -2.22. The number of aliphatic hydroxyl groups is 1. The third-order valence-electron chi connectivity index (χ3n) is 2.68. The maximum absolute atomic E-state index is 9.84. The minimum Gasteiger partial charge on any atom is -0.390 e. The Hall–Kier alpha value is -1.06. The molecule has 90 valence electrons. The number of aliphatic hydroxyl groups excluding tert-OH is 1. The monoisotopic (exact) mass is 222 g/mol. The summed E-state index contributed by atoms with van der Waals surface area (Å²) < 4.78 is 0. The van der Waals surface area contributed by atoms with Crippen LogP contribution in [0.25, 0.3) is 0 Å². The predicted octanol–water partition coefficient (Wildman–Crippen LogP) is 1.80. The van der Waals surface area contributed by atoms with Gasteiger partial charge in [-0.05, 0) is 25.2 Å². The van der Waals surface area contributed by atoms with E-state index in [0.717, 1.165) is 25.3 Å². The van der Waals surface area contributed by atoms with E-state index in [1.807, 2.05) is 30.3 Å². The molecule has 0 aliphatic rings. The Balaban J connectivity index is 2.27. The number of rotatable bonds is 7. The molecule has 1 aromatic rings. The van der Waals surface area contributed by atoms with Gasteiger partial charge >= 0.3 is 0 Å². The first-order chi connectivity index (χ1) is 7.76. The van der Waals surface area contributed by atoms with Crippen molar-refractivity contribution in [3.05, 3.63) is 30.3 Å². The van der Waals surface area contributed by atoms with E-state index in [-0.39, 0.29) is 6.10 Å². The first kappa shape index (κ1) is 13.0. The van der Waals surface area contributed by atoms with Gasteiger partial charge in [-0.2, -0.15) is 0 Å². The summed E-state index contributed by atoms with van der Waals surface area (Å²) in [7, 11) is 0. The number of anilines is 1. The van der Waals surface area contributed by atoms with E-state index in [1.165, 1.54) is 0 Å². The van der Waals surface area contributed by atoms with Crippen LogP contribution in [-0.2, 0) is 0 Å². The Labute approximate surface area is 98.1 Å². The van der Waals surface area contributed by atoms with Crippen molar-refractivity contribution in [3.8, 4) is 0 Å². The molecular formula is C13H22N2O. The van der Waals surface area contributed by atoms with Crippen LogP contribution in [0.15, 0.2) is 30.3 Å². The molecule has 0 aliphatic carbocycles. The fourth-order valence-electron chi connectivity index (χ4n) is 1.64. The molecule has 0 aromatic heterocycles. The molecule has 1 atom stereocenters. The van der Waals surface area contributed by atoms with Crippen molar-refractivity contribution < 1.29 is 5.11 Å². The summed E-state index contributed by atoms with van der Waals surface area (Å²) in [5.74, 6) is 0. The highest BCUT2D eigenvalue weighted by Crippen LogP contribution is 2.04. The quantitative estimate of drug-likeness (QED) is 0.738. The summed E-state index contributed by atoms with van der Waals surface area (Å²) in [5.41, 5.74) is 1.06. The molecule has 3 nitrogen and oxygen atoms in total. The van der Waals surface area contributed by atoms with Gasteiger partial charge < -0.3 is 15.3 Å². The molecule has 0 amide bonds. The normalized spacial score (nSPS) is 12.8. The van der Waals surface area contributed by atoms with E-state index in [0.29, 0.717) is 6.54 Å². The Morgan fingerprint density at radius 2 is 1.81 bits per heavy atom. The molecule has 0 saturated heterocycles. The van der Waals surface area contributed by atoms with E-state index in [9.17, 15) is 5.11 Å². The van der Waals surface area contributed by atoms with Crippen LogP contribution < -0.4 is 5.32 Å². The topological polar surface area (TPSA) is 35.5 Å². The van der Waals surface area contributed by atoms with Crippen molar-refractivity contribution in [2.45, 2.75) is 20.0 Å². The molecular weight excluding hydrogens is 200 g/mol. The van der Waals surface area contributed by atoms with Crippen LogP contribution in [0, 0.1) is 0 Å². The number of hydrogen-bond donors (Lipinski definition) is 2. The summed E-state index contributed by atoms with van der Waals surface area (Å²) >= 11 is 0. The van der Waals surface area contributed by atoms with Gasteiger partial charge in [-0.15, -0.1) is 0 Å². The minimum atomic E-state index is -0.319. The number of nitrogens with one attached hydrogen (secondary N) is 1. The highest BCUT2D eigenvalue weighted by molar-refractivity contribution is 5.42. The Morgan fingerprint density at radius 3 is 2.38 bits per heavy atom. The zero-order chi connectivity index (χ0) is 11.8. The lowest BCUT2D eigenvalue weighted by atomic mass is 10.3. The van der Waals surface area contributed by atoms with Crippen molar-refractivity contribution in [1.29, 1.82) is 0 Å². The lowest BCUT2D eigenvalue weighted by molar-refractivity contribution is 0.128. The molecule has 3 heteroatoms. The Bertz CT molecular complexity index is 273. The first-order valence-corrected chi connectivity index (χ1v) is 5.95. The largest absolute Gasteiger partial charge is 0.390 e. The first-order valence-electron chi connectivity index (χ1n) is 5.95. The SMILES string of the molecule is CCN(CC)CC(O)CNc1ccccc1. The van der Waals surface area contributed by atoms with Crippen molar-refractivity contribution in [3.63, 3.8) is 0 Å². The smallest absolute Gasteiger partial charge is 0.0839 e. The zero-order valence-electron chi connectivity index (χ0n) is 10.2. The second-order valence-corrected chi connectivity index (χ2v) is 3.89. The van der Waals surface area contributed by atoms with Crippen LogP contribution in [0.5, 0.6) is 0 Å². The van der Waals surface area contributed by atoms with Gasteiger partial charge in [0.15, 0.2) is 0 Å². The molecule has 0 aliphatic heterocycles. The average molecular weight is 222 g/mol. The van der Waals surface area contributed by atoms with Gasteiger partial charge in [-0.1, -0.05) is 32.0 Å². The summed E-state index contributed by atoms with van der Waals surface area (Å²) in [4.78, 5) is 2.22. The highest BCUT2D eigenvalue weighted by Gasteiger charge is 2.08. The Kier molecular flexibility index (Phi) is 5.90. The number of likely N-dealkylation sites (N-methyl/N-ethyl adjacent to an activating group) is 1. The fraction of sp³-hybridized carbons (Fsp3) is 0.538. The highest BCUT2D eigenvalue weighted by atomic mass is 16.3. The van der Waals surface area contributed by atoms with Crippen molar-refractivity contribution >= 4 is 5.69 Å². The van der Waals surface area contributed by atoms with Crippen LogP contribution in [0.1, 0.15) is 13.8 Å². The van der Waals surface area contributed by atoms with Crippen LogP contribution >= 0.6 is 0 Å². The molecule has 0 fully saturated rings. The van der Waals surface area contributed by atoms with E-state index >= 15 is 0 Å². The summed E-state index contributed by atoms with van der Waals surface area (Å²) in [5, 5.41) is 13.1. The molecule has 1 rings (SSSR count). The molecule has 0 heterocycles. The predicted molar refractivity (Wildman–Crippen MR) is 68.7 cm³/mol. The molecule has 16 heavy (non-hydrogen) atoms. The van der Waals surface area contributed by atoms with Gasteiger partial charge in [-0.25, -0.2) is 0 Å². The summed E-state index contributed by atoms with van der Waals surface area (Å²) in [6, 6.07) is 9.96. The van der Waals surface area contributed by atoms with Gasteiger partial charge in [0.2, 0.25) is 0 Å². The molecule has 2 N–H and O–H groups in total. The summed E-state index contributed by atoms with van der Waals surface area (Å²) in [6.45, 7) is 7.52. The van der Waals surface area contributed by atoms with Gasteiger partial charge in [0.1, 0.15) is 0 Å². The maximum Gasteiger partial charge on any atom is 0.0839 e. The minimum absolute atomic E-state index is 0.319. The molecule has 1 aromatic carbocycles. The molecule has 1 unspecified atom stereocenters. The number of nitrogens with zero attached hydrogens (tertiary/aromatic N) is 1. The maximum atomic E-state index is 9.84. The van der Waals surface area contributed by atoms with Crippen molar-refractivity contribution in [2.75, 3.05) is 31.5 Å². The Morgan fingerprint density at radius 1 is 1.19 bits per heavy atom. The zero-order valence-corrected chi connectivity index (χ0v) is 10.2. The fourth-order valence-corrected chi connectivity index (χ4v) is 1.64. The number of para-hydroxylation sites is 1. The third-order valence-corrected chi connectivity index (χ3v) is 2.68. The average Bonchev–Trinajstić information content (AvgIpc) is 2.34. The second kappa shape index (κ2) is 7.25. The van der Waals surface area contributed by atoms with Crippen molar-refractivity contribution in [1.82, 2.24) is 4.90 Å². The second-order valence-electron chi connectivity index (χ2n) is 3.89. The molecule has 0 radical (unpaired) electrons. The van der Waals surface area contributed by atoms with E-state index in [4.69, 9.17) is 0 Å².